The zero-order valence-electron chi connectivity index (χ0n) is 12.5. The molecule has 0 radical (unpaired) electrons. The fourth-order valence-electron chi connectivity index (χ4n) is 2.00. The molecule has 0 nitrogen and oxygen atoms in total. The Labute approximate surface area is 126 Å². The Morgan fingerprint density at radius 2 is 1.25 bits per heavy atom. The van der Waals surface area contributed by atoms with Gasteiger partial charge in [-0.2, -0.15) is 0 Å². The largest absolute Gasteiger partial charge is 0.161 e. The molecule has 0 bridgehead atoms. The molecule has 2 aromatic rings. The van der Waals surface area contributed by atoms with Crippen LogP contribution in [-0.2, 0) is 10.9 Å². The number of hydrogen-bond donors (Lipinski definition) is 0. The van der Waals surface area contributed by atoms with Gasteiger partial charge in [0.2, 0.25) is 0 Å². The van der Waals surface area contributed by atoms with E-state index >= 15 is 0 Å². The Kier molecular flexibility index (Phi) is 5.27. The van der Waals surface area contributed by atoms with Gasteiger partial charge in [0.05, 0.1) is 19.0 Å². The van der Waals surface area contributed by atoms with Crippen molar-refractivity contribution >= 4 is 19.0 Å². The lowest BCUT2D eigenvalue weighted by molar-refractivity contribution is 1.36. The average molecular weight is 300 g/mol. The van der Waals surface area contributed by atoms with E-state index in [0.29, 0.717) is 0 Å². The lowest BCUT2D eigenvalue weighted by atomic mass is 10.4. The van der Waals surface area contributed by atoms with Crippen molar-refractivity contribution in [3.63, 3.8) is 0 Å². The molecule has 0 N–H and O–H groups in total. The molecule has 2 heteroatoms. The Hall–Kier alpha value is -1.25. The molecule has 2 rings (SSSR count). The molecule has 20 heavy (non-hydrogen) atoms. The molecule has 0 saturated carbocycles. The van der Waals surface area contributed by atoms with Gasteiger partial charge in [0, 0.05) is 0 Å². The minimum absolute atomic E-state index is 0.149. The van der Waals surface area contributed by atoms with Gasteiger partial charge >= 0.3 is 0 Å². The average Bonchev–Trinajstić information content (AvgIpc) is 2.44. The van der Waals surface area contributed by atoms with Crippen molar-refractivity contribution in [2.45, 2.75) is 29.4 Å². The van der Waals surface area contributed by atoms with Crippen LogP contribution in [0.5, 0.6) is 0 Å². The Morgan fingerprint density at radius 1 is 0.800 bits per heavy atom. The van der Waals surface area contributed by atoms with Crippen LogP contribution in [0.4, 0.5) is 0 Å². The molecule has 0 aliphatic rings. The summed E-state index contributed by atoms with van der Waals surface area (Å²) in [6.07, 6.45) is 2.40. The maximum absolute atomic E-state index is 2.46. The van der Waals surface area contributed by atoms with Crippen molar-refractivity contribution in [2.24, 2.45) is 0 Å². The van der Waals surface area contributed by atoms with Crippen molar-refractivity contribution < 1.29 is 0 Å². The Morgan fingerprint density at radius 3 is 1.65 bits per heavy atom. The minimum Gasteiger partial charge on any atom is -0.0943 e. The van der Waals surface area contributed by atoms with Gasteiger partial charge in [-0.15, -0.1) is 0 Å². The van der Waals surface area contributed by atoms with Crippen LogP contribution in [0.15, 0.2) is 82.2 Å². The molecule has 0 aromatic heterocycles. The van der Waals surface area contributed by atoms with E-state index in [4.69, 9.17) is 0 Å². The summed E-state index contributed by atoms with van der Waals surface area (Å²) >= 11 is 0. The first-order chi connectivity index (χ1) is 9.56. The molecule has 0 aliphatic carbocycles. The van der Waals surface area contributed by atoms with E-state index in [1.54, 1.807) is 0 Å². The van der Waals surface area contributed by atoms with E-state index < -0.39 is 8.07 Å². The highest BCUT2D eigenvalue weighted by atomic mass is 32.2. The normalized spacial score (nSPS) is 12.2. The van der Waals surface area contributed by atoms with Gasteiger partial charge in [-0.3, -0.25) is 0 Å². The molecule has 0 heterocycles. The predicted molar refractivity (Wildman–Crippen MR) is 94.1 cm³/mol. The van der Waals surface area contributed by atoms with Crippen molar-refractivity contribution in [1.82, 2.24) is 0 Å². The Balaban J connectivity index is 2.24. The van der Waals surface area contributed by atoms with Gasteiger partial charge in [-0.1, -0.05) is 61.7 Å². The zero-order valence-corrected chi connectivity index (χ0v) is 14.4. The summed E-state index contributed by atoms with van der Waals surface area (Å²) in [5.74, 6) is 1.11. The molecule has 0 spiro atoms. The van der Waals surface area contributed by atoms with E-state index in [1.165, 1.54) is 9.79 Å². The van der Waals surface area contributed by atoms with Crippen molar-refractivity contribution in [3.8, 4) is 0 Å². The third-order valence-electron chi connectivity index (χ3n) is 2.94. The second-order valence-electron chi connectivity index (χ2n) is 5.95. The first-order valence-electron chi connectivity index (χ1n) is 7.05. The lowest BCUT2D eigenvalue weighted by Crippen LogP contribution is -2.16. The smallest absolute Gasteiger partial charge is 0.0943 e. The van der Waals surface area contributed by atoms with Crippen LogP contribution in [0.25, 0.3) is 0 Å². The third-order valence-corrected chi connectivity index (χ3v) is 6.38. The van der Waals surface area contributed by atoms with E-state index in [9.17, 15) is 0 Å². The molecular weight excluding hydrogens is 276 g/mol. The van der Waals surface area contributed by atoms with E-state index in [-0.39, 0.29) is 10.9 Å². The van der Waals surface area contributed by atoms with Gasteiger partial charge in [0.25, 0.3) is 0 Å². The molecule has 0 saturated heterocycles. The SMILES string of the molecule is C[Si](C)(C)C=CC[S+](c1ccccc1)c1ccccc1. The van der Waals surface area contributed by atoms with Gasteiger partial charge in [-0.05, 0) is 30.3 Å². The van der Waals surface area contributed by atoms with Crippen molar-refractivity contribution in [2.75, 3.05) is 5.75 Å². The first kappa shape index (κ1) is 15.1. The van der Waals surface area contributed by atoms with E-state index in [1.807, 2.05) is 0 Å². The van der Waals surface area contributed by atoms with Crippen LogP contribution in [0.2, 0.25) is 19.6 Å². The summed E-state index contributed by atoms with van der Waals surface area (Å²) in [5.41, 5.74) is 2.46. The molecule has 0 fully saturated rings. The monoisotopic (exact) mass is 299 g/mol. The molecule has 0 atom stereocenters. The lowest BCUT2D eigenvalue weighted by Gasteiger charge is -2.09. The molecule has 0 amide bonds. The van der Waals surface area contributed by atoms with E-state index in [2.05, 4.69) is 92.1 Å². The number of hydrogen-bond acceptors (Lipinski definition) is 0. The second-order valence-corrected chi connectivity index (χ2v) is 13.1. The maximum Gasteiger partial charge on any atom is 0.161 e. The topological polar surface area (TPSA) is 0 Å². The highest BCUT2D eigenvalue weighted by Crippen LogP contribution is 2.23. The molecule has 0 unspecified atom stereocenters. The maximum atomic E-state index is 2.46. The Bertz CT molecular complexity index is 501. The fourth-order valence-corrected chi connectivity index (χ4v) is 4.91. The zero-order chi connectivity index (χ0) is 14.4. The quantitative estimate of drug-likeness (QED) is 0.528. The van der Waals surface area contributed by atoms with Crippen LogP contribution in [0, 0.1) is 0 Å². The summed E-state index contributed by atoms with van der Waals surface area (Å²) in [5, 5.41) is 0. The minimum atomic E-state index is -1.10. The van der Waals surface area contributed by atoms with Gasteiger partial charge < -0.3 is 0 Å². The molecule has 104 valence electrons. The molecular formula is C18H23SSi+. The fraction of sp³-hybridized carbons (Fsp3) is 0.222. The van der Waals surface area contributed by atoms with Crippen LogP contribution < -0.4 is 0 Å². The van der Waals surface area contributed by atoms with E-state index in [0.717, 1.165) is 5.75 Å². The summed E-state index contributed by atoms with van der Waals surface area (Å²) in [6.45, 7) is 7.14. The van der Waals surface area contributed by atoms with Crippen LogP contribution in [-0.4, -0.2) is 13.8 Å². The summed E-state index contributed by atoms with van der Waals surface area (Å²) in [7, 11) is -0.953. The van der Waals surface area contributed by atoms with Gasteiger partial charge in [0.1, 0.15) is 5.75 Å². The van der Waals surface area contributed by atoms with Crippen LogP contribution in [0.3, 0.4) is 0 Å². The highest BCUT2D eigenvalue weighted by molar-refractivity contribution is 7.97. The van der Waals surface area contributed by atoms with Gasteiger partial charge in [0.15, 0.2) is 9.79 Å². The second kappa shape index (κ2) is 6.96. The standard InChI is InChI=1S/C18H23SSi/c1-20(2,3)16-10-15-19(17-11-6-4-7-12-17)18-13-8-5-9-14-18/h4-14,16H,15H2,1-3H3/q+1. The van der Waals surface area contributed by atoms with Crippen LogP contribution >= 0.6 is 0 Å². The first-order valence-corrected chi connectivity index (χ1v) is 12.0. The highest BCUT2D eigenvalue weighted by Gasteiger charge is 2.23. The number of benzene rings is 2. The van der Waals surface area contributed by atoms with Crippen molar-refractivity contribution in [1.29, 1.82) is 0 Å². The van der Waals surface area contributed by atoms with Crippen LogP contribution in [0.1, 0.15) is 0 Å². The molecule has 2 aromatic carbocycles. The third kappa shape index (κ3) is 4.69. The summed E-state index contributed by atoms with van der Waals surface area (Å²) < 4.78 is 0. The molecule has 0 aliphatic heterocycles. The summed E-state index contributed by atoms with van der Waals surface area (Å²) in [6, 6.07) is 21.7. The predicted octanol–water partition coefficient (Wildman–Crippen LogP) is 5.16. The number of rotatable bonds is 5. The van der Waals surface area contributed by atoms with Gasteiger partial charge in [-0.25, -0.2) is 0 Å². The van der Waals surface area contributed by atoms with Crippen molar-refractivity contribution in [3.05, 3.63) is 72.4 Å². The summed E-state index contributed by atoms with van der Waals surface area (Å²) in [4.78, 5) is 2.86.